The van der Waals surface area contributed by atoms with Crippen LogP contribution in [0.3, 0.4) is 0 Å². The van der Waals surface area contributed by atoms with Crippen molar-refractivity contribution in [1.29, 1.82) is 0 Å². The second-order valence-corrected chi connectivity index (χ2v) is 5.53. The molecule has 1 aliphatic rings. The number of alkyl halides is 2. The second kappa shape index (κ2) is 3.73. The van der Waals surface area contributed by atoms with Crippen molar-refractivity contribution in [3.63, 3.8) is 0 Å². The Kier molecular flexibility index (Phi) is 3.16. The number of hydrogen-bond donors (Lipinski definition) is 1. The molecule has 84 valence electrons. The number of halogens is 2. The van der Waals surface area contributed by atoms with Gasteiger partial charge in [-0.2, -0.15) is 17.2 Å². The molecule has 0 radical (unpaired) electrons. The summed E-state index contributed by atoms with van der Waals surface area (Å²) in [5.74, 6) is -0.186. The summed E-state index contributed by atoms with van der Waals surface area (Å²) in [5, 5.41) is -3.99. The topological polar surface area (TPSA) is 54.4 Å². The van der Waals surface area contributed by atoms with Crippen molar-refractivity contribution >= 4 is 10.1 Å². The highest BCUT2D eigenvalue weighted by Crippen LogP contribution is 2.40. The highest BCUT2D eigenvalue weighted by molar-refractivity contribution is 7.86. The van der Waals surface area contributed by atoms with Gasteiger partial charge in [-0.15, -0.1) is 0 Å². The molecule has 3 nitrogen and oxygen atoms in total. The molecule has 6 heteroatoms. The summed E-state index contributed by atoms with van der Waals surface area (Å²) in [7, 11) is -5.25. The molecule has 0 amide bonds. The average Bonchev–Trinajstić information content (AvgIpc) is 2.33. The fraction of sp³-hybridized carbons (Fsp3) is 1.00. The van der Waals surface area contributed by atoms with Crippen LogP contribution < -0.4 is 0 Å². The SMILES string of the molecule is CC1CCCC1CC(F)(F)S(=O)(=O)O. The Bertz CT molecular complexity index is 300. The van der Waals surface area contributed by atoms with Gasteiger partial charge in [0.2, 0.25) is 0 Å². The van der Waals surface area contributed by atoms with Crippen LogP contribution in [0.2, 0.25) is 0 Å². The van der Waals surface area contributed by atoms with Crippen LogP contribution in [-0.4, -0.2) is 18.2 Å². The average molecular weight is 228 g/mol. The van der Waals surface area contributed by atoms with Crippen LogP contribution in [0.25, 0.3) is 0 Å². The lowest BCUT2D eigenvalue weighted by Gasteiger charge is -2.20. The van der Waals surface area contributed by atoms with Gasteiger partial charge in [-0.05, 0) is 18.3 Å². The summed E-state index contributed by atoms with van der Waals surface area (Å²) >= 11 is 0. The third-order valence-electron chi connectivity index (χ3n) is 2.92. The normalized spacial score (nSPS) is 29.4. The van der Waals surface area contributed by atoms with E-state index in [9.17, 15) is 17.2 Å². The molecule has 2 unspecified atom stereocenters. The molecule has 0 aliphatic heterocycles. The predicted molar refractivity (Wildman–Crippen MR) is 47.6 cm³/mol. The minimum absolute atomic E-state index is 0.114. The van der Waals surface area contributed by atoms with E-state index in [4.69, 9.17) is 4.55 Å². The molecule has 0 aromatic heterocycles. The first-order valence-corrected chi connectivity index (χ1v) is 6.03. The van der Waals surface area contributed by atoms with E-state index in [1.807, 2.05) is 6.92 Å². The van der Waals surface area contributed by atoms with E-state index in [0.717, 1.165) is 12.8 Å². The summed E-state index contributed by atoms with van der Waals surface area (Å²) < 4.78 is 54.9. The van der Waals surface area contributed by atoms with Crippen LogP contribution in [0.1, 0.15) is 32.6 Å². The molecule has 2 atom stereocenters. The summed E-state index contributed by atoms with van der Waals surface area (Å²) in [4.78, 5) is 0. The maximum atomic E-state index is 12.9. The van der Waals surface area contributed by atoms with Gasteiger partial charge in [-0.25, -0.2) is 0 Å². The Morgan fingerprint density at radius 1 is 1.43 bits per heavy atom. The summed E-state index contributed by atoms with van der Waals surface area (Å²) in [5.41, 5.74) is 0. The third-order valence-corrected chi connectivity index (χ3v) is 3.84. The maximum Gasteiger partial charge on any atom is 0.370 e. The maximum absolute atomic E-state index is 12.9. The first-order valence-electron chi connectivity index (χ1n) is 4.59. The van der Waals surface area contributed by atoms with E-state index in [1.165, 1.54) is 0 Å². The zero-order valence-corrected chi connectivity index (χ0v) is 8.73. The zero-order valence-electron chi connectivity index (χ0n) is 7.91. The van der Waals surface area contributed by atoms with Crippen molar-refractivity contribution in [2.75, 3.05) is 0 Å². The van der Waals surface area contributed by atoms with Crippen LogP contribution in [0.4, 0.5) is 8.78 Å². The van der Waals surface area contributed by atoms with Gasteiger partial charge < -0.3 is 0 Å². The molecule has 1 N–H and O–H groups in total. The lowest BCUT2D eigenvalue weighted by atomic mass is 9.95. The van der Waals surface area contributed by atoms with Crippen molar-refractivity contribution in [3.05, 3.63) is 0 Å². The van der Waals surface area contributed by atoms with Crippen LogP contribution in [0.15, 0.2) is 0 Å². The van der Waals surface area contributed by atoms with Gasteiger partial charge in [0, 0.05) is 6.42 Å². The van der Waals surface area contributed by atoms with Crippen LogP contribution in [0, 0.1) is 11.8 Å². The van der Waals surface area contributed by atoms with Crippen molar-refractivity contribution in [1.82, 2.24) is 0 Å². The molecule has 0 aromatic carbocycles. The number of rotatable bonds is 3. The van der Waals surface area contributed by atoms with Gasteiger partial charge in [0.15, 0.2) is 0 Å². The van der Waals surface area contributed by atoms with Gasteiger partial charge in [0.05, 0.1) is 0 Å². The molecule has 1 fully saturated rings. The lowest BCUT2D eigenvalue weighted by molar-refractivity contribution is 0.0473. The van der Waals surface area contributed by atoms with E-state index < -0.39 is 21.8 Å². The standard InChI is InChI=1S/C8H14F2O3S/c1-6-3-2-4-7(6)5-8(9,10)14(11,12)13/h6-7H,2-5H2,1H3,(H,11,12,13). The molecule has 1 aliphatic carbocycles. The molecular formula is C8H14F2O3S. The zero-order chi connectivity index (χ0) is 11.0. The van der Waals surface area contributed by atoms with E-state index in [2.05, 4.69) is 0 Å². The molecular weight excluding hydrogens is 214 g/mol. The van der Waals surface area contributed by atoms with E-state index >= 15 is 0 Å². The Balaban J connectivity index is 2.68. The van der Waals surface area contributed by atoms with Crippen LogP contribution >= 0.6 is 0 Å². The molecule has 1 saturated carbocycles. The molecule has 0 aromatic rings. The predicted octanol–water partition coefficient (Wildman–Crippen LogP) is 2.29. The minimum Gasteiger partial charge on any atom is -0.281 e. The van der Waals surface area contributed by atoms with Crippen LogP contribution in [0.5, 0.6) is 0 Å². The van der Waals surface area contributed by atoms with Crippen molar-refractivity contribution < 1.29 is 21.8 Å². The fourth-order valence-corrected chi connectivity index (χ4v) is 2.36. The second-order valence-electron chi connectivity index (χ2n) is 3.98. The monoisotopic (exact) mass is 228 g/mol. The Hall–Kier alpha value is -0.230. The highest BCUT2D eigenvalue weighted by atomic mass is 32.2. The van der Waals surface area contributed by atoms with Crippen molar-refractivity contribution in [2.45, 2.75) is 37.9 Å². The first kappa shape index (κ1) is 11.8. The van der Waals surface area contributed by atoms with E-state index in [-0.39, 0.29) is 11.8 Å². The molecule has 0 heterocycles. The van der Waals surface area contributed by atoms with Gasteiger partial charge in [-0.3, -0.25) is 4.55 Å². The largest absolute Gasteiger partial charge is 0.370 e. The molecule has 0 spiro atoms. The summed E-state index contributed by atoms with van der Waals surface area (Å²) in [6.07, 6.45) is 1.57. The molecule has 0 saturated heterocycles. The molecule has 14 heavy (non-hydrogen) atoms. The van der Waals surface area contributed by atoms with Crippen LogP contribution in [-0.2, 0) is 10.1 Å². The number of hydrogen-bond acceptors (Lipinski definition) is 2. The highest BCUT2D eigenvalue weighted by Gasteiger charge is 2.47. The van der Waals surface area contributed by atoms with Gasteiger partial charge in [0.1, 0.15) is 0 Å². The van der Waals surface area contributed by atoms with E-state index in [1.54, 1.807) is 0 Å². The summed E-state index contributed by atoms with van der Waals surface area (Å²) in [6.45, 7) is 1.83. The van der Waals surface area contributed by atoms with Gasteiger partial charge in [-0.1, -0.05) is 19.8 Å². The van der Waals surface area contributed by atoms with Gasteiger partial charge >= 0.3 is 15.4 Å². The Morgan fingerprint density at radius 2 is 2.00 bits per heavy atom. The fourth-order valence-electron chi connectivity index (χ4n) is 1.94. The summed E-state index contributed by atoms with van der Waals surface area (Å²) in [6, 6.07) is 0. The van der Waals surface area contributed by atoms with E-state index in [0.29, 0.717) is 6.42 Å². The van der Waals surface area contributed by atoms with Crippen molar-refractivity contribution in [3.8, 4) is 0 Å². The quantitative estimate of drug-likeness (QED) is 0.754. The smallest absolute Gasteiger partial charge is 0.281 e. The molecule has 1 rings (SSSR count). The lowest BCUT2D eigenvalue weighted by Crippen LogP contribution is -2.31. The first-order chi connectivity index (χ1) is 6.24. The van der Waals surface area contributed by atoms with Crippen molar-refractivity contribution in [2.24, 2.45) is 11.8 Å². The van der Waals surface area contributed by atoms with Gasteiger partial charge in [0.25, 0.3) is 0 Å². The Labute approximate surface area is 82.2 Å². The Morgan fingerprint density at radius 3 is 2.36 bits per heavy atom. The molecule has 0 bridgehead atoms. The minimum atomic E-state index is -5.25. The third kappa shape index (κ3) is 2.42.